The molecule has 4 rings (SSSR count). The molecule has 2 aliphatic rings. The van der Waals surface area contributed by atoms with Crippen molar-refractivity contribution in [3.8, 4) is 17.2 Å². The number of amides is 1. The van der Waals surface area contributed by atoms with Crippen LogP contribution in [0.3, 0.4) is 0 Å². The largest absolute Gasteiger partial charge is 0.493 e. The number of piperazine rings is 1. The molecule has 1 aliphatic carbocycles. The van der Waals surface area contributed by atoms with Crippen molar-refractivity contribution < 1.29 is 19.0 Å². The molecule has 1 amide bonds. The second kappa shape index (κ2) is 10.1. The zero-order valence-electron chi connectivity index (χ0n) is 18.5. The number of hydrogen-bond donors (Lipinski definition) is 0. The van der Waals surface area contributed by atoms with E-state index < -0.39 is 0 Å². The molecule has 2 aromatic carbocycles. The average molecular weight is 425 g/mol. The minimum Gasteiger partial charge on any atom is -0.493 e. The Bertz CT molecular complexity index is 847. The van der Waals surface area contributed by atoms with Gasteiger partial charge in [-0.3, -0.25) is 9.69 Å². The molecule has 6 heteroatoms. The molecule has 1 saturated carbocycles. The number of nitrogens with zero attached hydrogens (tertiary/aromatic N) is 2. The minimum absolute atomic E-state index is 0.0114. The average Bonchev–Trinajstić information content (AvgIpc) is 3.37. The fraction of sp³-hybridized carbons (Fsp3) is 0.480. The summed E-state index contributed by atoms with van der Waals surface area (Å²) in [6.07, 6.45) is 5.27. The molecular formula is C25H32N2O4. The summed E-state index contributed by atoms with van der Waals surface area (Å²) in [6.45, 7) is 3.80. The maximum absolute atomic E-state index is 13.2. The highest BCUT2D eigenvalue weighted by Gasteiger charge is 2.29. The van der Waals surface area contributed by atoms with Crippen molar-refractivity contribution >= 4 is 5.91 Å². The summed E-state index contributed by atoms with van der Waals surface area (Å²) in [6, 6.07) is 14.1. The molecule has 0 aromatic heterocycles. The van der Waals surface area contributed by atoms with Crippen LogP contribution < -0.4 is 14.2 Å². The molecule has 166 valence electrons. The van der Waals surface area contributed by atoms with Gasteiger partial charge in [0.25, 0.3) is 5.91 Å². The van der Waals surface area contributed by atoms with Gasteiger partial charge in [0, 0.05) is 37.8 Å². The molecule has 0 bridgehead atoms. The molecule has 31 heavy (non-hydrogen) atoms. The molecule has 0 unspecified atom stereocenters. The van der Waals surface area contributed by atoms with Gasteiger partial charge in [-0.25, -0.2) is 0 Å². The summed E-state index contributed by atoms with van der Waals surface area (Å²) in [7, 11) is 3.16. The Morgan fingerprint density at radius 2 is 1.55 bits per heavy atom. The van der Waals surface area contributed by atoms with Crippen molar-refractivity contribution in [1.29, 1.82) is 0 Å². The van der Waals surface area contributed by atoms with Crippen LogP contribution >= 0.6 is 0 Å². The zero-order valence-corrected chi connectivity index (χ0v) is 18.5. The van der Waals surface area contributed by atoms with Gasteiger partial charge in [0.05, 0.1) is 14.2 Å². The molecule has 0 atom stereocenters. The van der Waals surface area contributed by atoms with Crippen molar-refractivity contribution in [2.24, 2.45) is 0 Å². The predicted molar refractivity (Wildman–Crippen MR) is 120 cm³/mol. The van der Waals surface area contributed by atoms with Crippen LogP contribution in [0.4, 0.5) is 0 Å². The Hall–Kier alpha value is -2.73. The molecule has 6 nitrogen and oxygen atoms in total. The van der Waals surface area contributed by atoms with E-state index in [9.17, 15) is 4.79 Å². The third-order valence-corrected chi connectivity index (χ3v) is 6.38. The topological polar surface area (TPSA) is 51.2 Å². The highest BCUT2D eigenvalue weighted by Crippen LogP contribution is 2.39. The Kier molecular flexibility index (Phi) is 6.97. The fourth-order valence-electron chi connectivity index (χ4n) is 4.62. The van der Waals surface area contributed by atoms with Gasteiger partial charge in [-0.15, -0.1) is 0 Å². The molecule has 0 N–H and O–H groups in total. The van der Waals surface area contributed by atoms with Crippen molar-refractivity contribution in [1.82, 2.24) is 9.80 Å². The lowest BCUT2D eigenvalue weighted by molar-refractivity contribution is 0.0572. The molecule has 1 aliphatic heterocycles. The van der Waals surface area contributed by atoms with Gasteiger partial charge in [-0.05, 0) is 30.5 Å². The van der Waals surface area contributed by atoms with Gasteiger partial charge in [0.15, 0.2) is 11.5 Å². The lowest BCUT2D eigenvalue weighted by Gasteiger charge is -2.38. The van der Waals surface area contributed by atoms with Gasteiger partial charge >= 0.3 is 0 Å². The monoisotopic (exact) mass is 424 g/mol. The highest BCUT2D eigenvalue weighted by atomic mass is 16.5. The minimum atomic E-state index is 0.0114. The number of carbonyl (C=O) groups excluding carboxylic acids is 1. The van der Waals surface area contributed by atoms with Gasteiger partial charge < -0.3 is 19.1 Å². The van der Waals surface area contributed by atoms with Gasteiger partial charge in [0.2, 0.25) is 5.75 Å². The Morgan fingerprint density at radius 3 is 2.13 bits per heavy atom. The summed E-state index contributed by atoms with van der Waals surface area (Å²) in [4.78, 5) is 17.7. The van der Waals surface area contributed by atoms with E-state index in [1.54, 1.807) is 26.4 Å². The summed E-state index contributed by atoms with van der Waals surface area (Å²) in [5.41, 5.74) is 1.61. The lowest BCUT2D eigenvalue weighted by Crippen LogP contribution is -2.51. The van der Waals surface area contributed by atoms with Crippen LogP contribution in [0.5, 0.6) is 17.2 Å². The summed E-state index contributed by atoms with van der Waals surface area (Å²) < 4.78 is 17.1. The number of benzene rings is 2. The Morgan fingerprint density at radius 1 is 0.935 bits per heavy atom. The predicted octanol–water partition coefficient (Wildman–Crippen LogP) is 3.98. The maximum atomic E-state index is 13.2. The first-order chi connectivity index (χ1) is 15.2. The van der Waals surface area contributed by atoms with E-state index in [1.807, 2.05) is 35.2 Å². The third-order valence-electron chi connectivity index (χ3n) is 6.38. The number of ether oxygens (including phenoxy) is 3. The van der Waals surface area contributed by atoms with Gasteiger partial charge in [-0.2, -0.15) is 0 Å². The van der Waals surface area contributed by atoms with E-state index in [2.05, 4.69) is 4.90 Å². The first-order valence-electron chi connectivity index (χ1n) is 11.2. The molecular weight excluding hydrogens is 392 g/mol. The summed E-state index contributed by atoms with van der Waals surface area (Å²) in [5.74, 6) is 1.53. The van der Waals surface area contributed by atoms with Crippen LogP contribution in [0.15, 0.2) is 42.5 Å². The molecule has 0 radical (unpaired) electrons. The van der Waals surface area contributed by atoms with Crippen molar-refractivity contribution in [3.05, 3.63) is 53.6 Å². The van der Waals surface area contributed by atoms with Crippen LogP contribution in [-0.4, -0.2) is 62.1 Å². The van der Waals surface area contributed by atoms with Crippen molar-refractivity contribution in [2.75, 3.05) is 40.4 Å². The Labute approximate surface area is 184 Å². The molecule has 0 spiro atoms. The number of hydrogen-bond acceptors (Lipinski definition) is 5. The molecule has 1 heterocycles. The zero-order chi connectivity index (χ0) is 21.6. The van der Waals surface area contributed by atoms with Crippen LogP contribution in [0, 0.1) is 0 Å². The van der Waals surface area contributed by atoms with E-state index in [-0.39, 0.29) is 5.91 Å². The maximum Gasteiger partial charge on any atom is 0.254 e. The van der Waals surface area contributed by atoms with Crippen molar-refractivity contribution in [3.63, 3.8) is 0 Å². The number of methoxy groups -OCH3 is 2. The van der Waals surface area contributed by atoms with Crippen molar-refractivity contribution in [2.45, 2.75) is 38.3 Å². The van der Waals surface area contributed by atoms with E-state index in [1.165, 1.54) is 25.7 Å². The lowest BCUT2D eigenvalue weighted by atomic mass is 10.1. The first-order valence-corrected chi connectivity index (χ1v) is 11.2. The van der Waals surface area contributed by atoms with Crippen LogP contribution in [0.25, 0.3) is 0 Å². The second-order valence-corrected chi connectivity index (χ2v) is 8.25. The van der Waals surface area contributed by atoms with Crippen LogP contribution in [-0.2, 0) is 6.61 Å². The molecule has 1 saturated heterocycles. The fourth-order valence-corrected chi connectivity index (χ4v) is 4.62. The highest BCUT2D eigenvalue weighted by molar-refractivity contribution is 5.95. The summed E-state index contributed by atoms with van der Waals surface area (Å²) >= 11 is 0. The molecule has 2 aromatic rings. The SMILES string of the molecule is COc1cc(C(=O)N2CCN(C3CCCC3)CC2)cc(OC)c1OCc1ccccc1. The normalized spacial score (nSPS) is 17.5. The quantitative estimate of drug-likeness (QED) is 0.673. The van der Waals surface area contributed by atoms with Crippen LogP contribution in [0.1, 0.15) is 41.6 Å². The van der Waals surface area contributed by atoms with Gasteiger partial charge in [0.1, 0.15) is 6.61 Å². The number of rotatable bonds is 7. The standard InChI is InChI=1S/C25H32N2O4/c1-29-22-16-20(17-23(30-2)24(22)31-18-19-8-4-3-5-9-19)25(28)27-14-12-26(13-15-27)21-10-6-7-11-21/h3-5,8-9,16-17,21H,6-7,10-15,18H2,1-2H3. The van der Waals surface area contributed by atoms with Gasteiger partial charge in [-0.1, -0.05) is 43.2 Å². The van der Waals surface area contributed by atoms with E-state index in [4.69, 9.17) is 14.2 Å². The van der Waals surface area contributed by atoms with E-state index in [0.717, 1.165) is 31.7 Å². The Balaban J connectivity index is 1.46. The van der Waals surface area contributed by atoms with E-state index >= 15 is 0 Å². The summed E-state index contributed by atoms with van der Waals surface area (Å²) in [5, 5.41) is 0. The number of carbonyl (C=O) groups is 1. The first kappa shape index (κ1) is 21.5. The van der Waals surface area contributed by atoms with Crippen LogP contribution in [0.2, 0.25) is 0 Å². The smallest absolute Gasteiger partial charge is 0.254 e. The third kappa shape index (κ3) is 4.96. The second-order valence-electron chi connectivity index (χ2n) is 8.25. The van der Waals surface area contributed by atoms with E-state index in [0.29, 0.717) is 35.5 Å². The molecule has 2 fully saturated rings.